The summed E-state index contributed by atoms with van der Waals surface area (Å²) in [5, 5.41) is 14.8. The zero-order valence-electron chi connectivity index (χ0n) is 16.7. The molecule has 1 fully saturated rings. The Morgan fingerprint density at radius 2 is 2.10 bits per heavy atom. The van der Waals surface area contributed by atoms with Gasteiger partial charge >= 0.3 is 5.88 Å². The van der Waals surface area contributed by atoms with Gasteiger partial charge in [0.1, 0.15) is 10.4 Å². The molecule has 0 saturated carbocycles. The largest absolute Gasteiger partial charge is 0.493 e. The summed E-state index contributed by atoms with van der Waals surface area (Å²) in [6, 6.07) is 6.23. The zero-order valence-corrected chi connectivity index (χ0v) is 18.2. The number of thiazole rings is 1. The smallest absolute Gasteiger partial charge is 0.433 e. The van der Waals surface area contributed by atoms with E-state index in [1.165, 1.54) is 12.1 Å². The Morgan fingerprint density at radius 3 is 2.77 bits per heavy atom. The van der Waals surface area contributed by atoms with E-state index in [2.05, 4.69) is 15.1 Å². The van der Waals surface area contributed by atoms with Gasteiger partial charge in [-0.25, -0.2) is 4.98 Å². The number of aromatic nitrogens is 1. The van der Waals surface area contributed by atoms with Crippen molar-refractivity contribution in [1.82, 2.24) is 15.2 Å². The maximum atomic E-state index is 12.0. The van der Waals surface area contributed by atoms with E-state index < -0.39 is 16.7 Å². The van der Waals surface area contributed by atoms with Crippen molar-refractivity contribution >= 4 is 50.1 Å². The SMILES string of the molecule is COc1c(Cl)ccc2sc(N3CCN(CCNC(=O)c4ccc([N+](=O)[O-])o4)CC3)nc12. The number of piperazine rings is 1. The third-order valence-corrected chi connectivity index (χ3v) is 6.39. The second kappa shape index (κ2) is 9.08. The highest BCUT2D eigenvalue weighted by Gasteiger charge is 2.22. The lowest BCUT2D eigenvalue weighted by molar-refractivity contribution is -0.402. The van der Waals surface area contributed by atoms with Crippen molar-refractivity contribution in [3.8, 4) is 5.75 Å². The van der Waals surface area contributed by atoms with Gasteiger partial charge in [-0.3, -0.25) is 19.8 Å². The van der Waals surface area contributed by atoms with E-state index in [0.29, 0.717) is 23.9 Å². The molecule has 0 aliphatic carbocycles. The molecule has 1 aromatic carbocycles. The molecule has 0 atom stereocenters. The summed E-state index contributed by atoms with van der Waals surface area (Å²) in [6.07, 6.45) is 0. The normalized spacial score (nSPS) is 14.7. The van der Waals surface area contributed by atoms with Gasteiger partial charge in [-0.2, -0.15) is 0 Å². The van der Waals surface area contributed by atoms with Gasteiger partial charge in [0.25, 0.3) is 5.91 Å². The summed E-state index contributed by atoms with van der Waals surface area (Å²) in [6.45, 7) is 4.38. The summed E-state index contributed by atoms with van der Waals surface area (Å²) in [5.74, 6) is -0.384. The molecule has 4 rings (SSSR count). The first-order valence-corrected chi connectivity index (χ1v) is 10.8. The van der Waals surface area contributed by atoms with Crippen molar-refractivity contribution in [3.63, 3.8) is 0 Å². The van der Waals surface area contributed by atoms with Gasteiger partial charge in [0.2, 0.25) is 0 Å². The van der Waals surface area contributed by atoms with Crippen LogP contribution in [-0.4, -0.2) is 67.1 Å². The summed E-state index contributed by atoms with van der Waals surface area (Å²) < 4.78 is 11.3. The fourth-order valence-electron chi connectivity index (χ4n) is 3.39. The number of anilines is 1. The standard InChI is InChI=1S/C19H20ClN5O5S/c1-29-17-12(20)2-4-14-16(17)22-19(31-14)24-10-8-23(9-11-24)7-6-21-18(26)13-3-5-15(30-13)25(27)28/h2-5H,6-11H2,1H3,(H,21,26). The number of benzene rings is 1. The van der Waals surface area contributed by atoms with Crippen LogP contribution in [0, 0.1) is 10.1 Å². The van der Waals surface area contributed by atoms with Gasteiger partial charge in [0.15, 0.2) is 16.6 Å². The van der Waals surface area contributed by atoms with E-state index in [0.717, 1.165) is 41.5 Å². The summed E-state index contributed by atoms with van der Waals surface area (Å²) in [5.41, 5.74) is 0.776. The molecule has 0 spiro atoms. The molecule has 1 aliphatic heterocycles. The minimum atomic E-state index is -0.674. The zero-order chi connectivity index (χ0) is 22.0. The number of rotatable bonds is 7. The minimum absolute atomic E-state index is 0.0668. The summed E-state index contributed by atoms with van der Waals surface area (Å²) in [7, 11) is 1.59. The van der Waals surface area contributed by atoms with Gasteiger partial charge in [-0.1, -0.05) is 22.9 Å². The van der Waals surface area contributed by atoms with E-state index in [9.17, 15) is 14.9 Å². The predicted molar refractivity (Wildman–Crippen MR) is 118 cm³/mol. The molecule has 31 heavy (non-hydrogen) atoms. The van der Waals surface area contributed by atoms with Crippen LogP contribution in [0.5, 0.6) is 5.75 Å². The fraction of sp³-hybridized carbons (Fsp3) is 0.368. The topological polar surface area (TPSA) is 114 Å². The highest BCUT2D eigenvalue weighted by atomic mass is 35.5. The molecular formula is C19H20ClN5O5S. The number of furan rings is 1. The molecule has 0 radical (unpaired) electrons. The van der Waals surface area contributed by atoms with E-state index >= 15 is 0 Å². The van der Waals surface area contributed by atoms with Crippen molar-refractivity contribution in [1.29, 1.82) is 0 Å². The molecule has 2 aromatic heterocycles. The van der Waals surface area contributed by atoms with Crippen LogP contribution < -0.4 is 15.0 Å². The number of fused-ring (bicyclic) bond motifs is 1. The molecule has 1 aliphatic rings. The van der Waals surface area contributed by atoms with Gasteiger partial charge in [0, 0.05) is 39.3 Å². The van der Waals surface area contributed by atoms with Crippen LogP contribution in [0.4, 0.5) is 11.0 Å². The van der Waals surface area contributed by atoms with Gasteiger partial charge in [0.05, 0.1) is 22.9 Å². The first-order valence-electron chi connectivity index (χ1n) is 9.59. The Bertz CT molecular complexity index is 1110. The van der Waals surface area contributed by atoms with Crippen molar-refractivity contribution in [2.24, 2.45) is 0 Å². The first kappa shape index (κ1) is 21.3. The van der Waals surface area contributed by atoms with Gasteiger partial charge < -0.3 is 19.4 Å². The Labute approximate surface area is 186 Å². The van der Waals surface area contributed by atoms with Crippen LogP contribution in [0.1, 0.15) is 10.6 Å². The molecule has 10 nitrogen and oxygen atoms in total. The van der Waals surface area contributed by atoms with Crippen LogP contribution in [-0.2, 0) is 0 Å². The second-order valence-corrected chi connectivity index (χ2v) is 8.32. The van der Waals surface area contributed by atoms with E-state index in [1.54, 1.807) is 18.4 Å². The number of ether oxygens (including phenoxy) is 1. The van der Waals surface area contributed by atoms with Crippen LogP contribution >= 0.6 is 22.9 Å². The highest BCUT2D eigenvalue weighted by molar-refractivity contribution is 7.22. The number of methoxy groups -OCH3 is 1. The lowest BCUT2D eigenvalue weighted by atomic mass is 10.3. The maximum Gasteiger partial charge on any atom is 0.433 e. The van der Waals surface area contributed by atoms with Crippen LogP contribution in [0.25, 0.3) is 10.2 Å². The molecule has 1 N–H and O–H groups in total. The van der Waals surface area contributed by atoms with Gasteiger partial charge in [-0.05, 0) is 18.2 Å². The third kappa shape index (κ3) is 4.58. The third-order valence-electron chi connectivity index (χ3n) is 5.01. The lowest BCUT2D eigenvalue weighted by Crippen LogP contribution is -2.48. The Balaban J connectivity index is 1.27. The molecule has 3 heterocycles. The van der Waals surface area contributed by atoms with Crippen molar-refractivity contribution in [2.45, 2.75) is 0 Å². The van der Waals surface area contributed by atoms with Crippen LogP contribution in [0.3, 0.4) is 0 Å². The van der Waals surface area contributed by atoms with Crippen LogP contribution in [0.2, 0.25) is 5.02 Å². The molecular weight excluding hydrogens is 446 g/mol. The molecule has 1 amide bonds. The number of carbonyl (C=O) groups excluding carboxylic acids is 1. The lowest BCUT2D eigenvalue weighted by Gasteiger charge is -2.34. The first-order chi connectivity index (χ1) is 15.0. The number of hydrogen-bond acceptors (Lipinski definition) is 9. The Kier molecular flexibility index (Phi) is 6.25. The average Bonchev–Trinajstić information content (AvgIpc) is 3.42. The molecule has 164 valence electrons. The minimum Gasteiger partial charge on any atom is -0.493 e. The average molecular weight is 466 g/mol. The number of nitrogens with zero attached hydrogens (tertiary/aromatic N) is 4. The highest BCUT2D eigenvalue weighted by Crippen LogP contribution is 2.38. The summed E-state index contributed by atoms with van der Waals surface area (Å²) >= 11 is 7.81. The van der Waals surface area contributed by atoms with Crippen molar-refractivity contribution in [3.05, 3.63) is 45.2 Å². The molecule has 3 aromatic rings. The number of nitrogens with one attached hydrogen (secondary N) is 1. The van der Waals surface area contributed by atoms with E-state index in [1.807, 2.05) is 12.1 Å². The number of amides is 1. The number of halogens is 1. The second-order valence-electron chi connectivity index (χ2n) is 6.90. The number of carbonyl (C=O) groups is 1. The molecule has 1 saturated heterocycles. The van der Waals surface area contributed by atoms with Crippen molar-refractivity contribution < 1.29 is 18.9 Å². The van der Waals surface area contributed by atoms with E-state index in [-0.39, 0.29) is 5.76 Å². The monoisotopic (exact) mass is 465 g/mol. The van der Waals surface area contributed by atoms with Gasteiger partial charge in [-0.15, -0.1) is 0 Å². The Hall–Kier alpha value is -2.89. The van der Waals surface area contributed by atoms with Crippen LogP contribution in [0.15, 0.2) is 28.7 Å². The predicted octanol–water partition coefficient (Wildman–Crippen LogP) is 3.01. The Morgan fingerprint density at radius 1 is 1.32 bits per heavy atom. The summed E-state index contributed by atoms with van der Waals surface area (Å²) in [4.78, 5) is 31.2. The molecule has 12 heteroatoms. The number of nitro groups is 1. The molecule has 0 bridgehead atoms. The fourth-order valence-corrected chi connectivity index (χ4v) is 4.63. The van der Waals surface area contributed by atoms with Crippen molar-refractivity contribution in [2.75, 3.05) is 51.3 Å². The maximum absolute atomic E-state index is 12.0. The molecule has 0 unspecified atom stereocenters. The number of hydrogen-bond donors (Lipinski definition) is 1. The quantitative estimate of drug-likeness (QED) is 0.418. The van der Waals surface area contributed by atoms with E-state index in [4.69, 9.17) is 25.7 Å².